The third-order valence-electron chi connectivity index (χ3n) is 4.73. The highest BCUT2D eigenvalue weighted by Crippen LogP contribution is 2.54. The fourth-order valence-electron chi connectivity index (χ4n) is 3.14. The molecule has 0 saturated heterocycles. The largest absolute Gasteiger partial charge is 0.352 e. The topological polar surface area (TPSA) is 29.1 Å². The van der Waals surface area contributed by atoms with Crippen LogP contribution in [0.4, 0.5) is 8.78 Å². The Kier molecular flexibility index (Phi) is 4.47. The van der Waals surface area contributed by atoms with Crippen LogP contribution < -0.4 is 5.32 Å². The van der Waals surface area contributed by atoms with Gasteiger partial charge in [-0.15, -0.1) is 0 Å². The van der Waals surface area contributed by atoms with Crippen LogP contribution in [0.5, 0.6) is 0 Å². The summed E-state index contributed by atoms with van der Waals surface area (Å²) in [5.74, 6) is -1.11. The standard InChI is InChI=1S/C20H19F2NO/c1-14-12-20(14,17-9-8-16(21)11-18(17)22)13-23-19(24)10-7-15-5-3-2-4-6-15/h2-11,14H,12-13H2,1H3,(H,23,24)/b10-7+. The molecule has 2 nitrogen and oxygen atoms in total. The van der Waals surface area contributed by atoms with Gasteiger partial charge in [0.05, 0.1) is 0 Å². The molecule has 0 aliphatic heterocycles. The van der Waals surface area contributed by atoms with Crippen molar-refractivity contribution in [3.05, 3.63) is 77.4 Å². The van der Waals surface area contributed by atoms with Gasteiger partial charge >= 0.3 is 0 Å². The van der Waals surface area contributed by atoms with Crippen molar-refractivity contribution in [2.75, 3.05) is 6.54 Å². The van der Waals surface area contributed by atoms with E-state index < -0.39 is 17.0 Å². The van der Waals surface area contributed by atoms with Crippen LogP contribution in [0.2, 0.25) is 0 Å². The number of carbonyl (C=O) groups excluding carboxylic acids is 1. The number of halogens is 2. The molecule has 1 amide bonds. The molecule has 1 aliphatic carbocycles. The molecule has 1 saturated carbocycles. The van der Waals surface area contributed by atoms with E-state index in [4.69, 9.17) is 0 Å². The van der Waals surface area contributed by atoms with Crippen molar-refractivity contribution >= 4 is 12.0 Å². The highest BCUT2D eigenvalue weighted by molar-refractivity contribution is 5.91. The first kappa shape index (κ1) is 16.4. The number of nitrogens with one attached hydrogen (secondary N) is 1. The summed E-state index contributed by atoms with van der Waals surface area (Å²) in [7, 11) is 0. The van der Waals surface area contributed by atoms with Gasteiger partial charge < -0.3 is 5.32 Å². The molecule has 0 aromatic heterocycles. The zero-order valence-corrected chi connectivity index (χ0v) is 13.4. The predicted octanol–water partition coefficient (Wildman–Crippen LogP) is 4.07. The molecular weight excluding hydrogens is 308 g/mol. The van der Waals surface area contributed by atoms with E-state index in [2.05, 4.69) is 5.32 Å². The molecular formula is C20H19F2NO. The minimum absolute atomic E-state index is 0.222. The highest BCUT2D eigenvalue weighted by Gasteiger charge is 2.53. The Bertz CT molecular complexity index is 772. The summed E-state index contributed by atoms with van der Waals surface area (Å²) in [6, 6.07) is 13.2. The average molecular weight is 327 g/mol. The molecule has 24 heavy (non-hydrogen) atoms. The van der Waals surface area contributed by atoms with Gasteiger partial charge in [-0.1, -0.05) is 43.3 Å². The van der Waals surface area contributed by atoms with E-state index in [0.717, 1.165) is 18.1 Å². The van der Waals surface area contributed by atoms with E-state index in [1.807, 2.05) is 37.3 Å². The zero-order valence-electron chi connectivity index (χ0n) is 13.4. The van der Waals surface area contributed by atoms with Gasteiger partial charge in [-0.3, -0.25) is 4.79 Å². The van der Waals surface area contributed by atoms with E-state index in [1.54, 1.807) is 6.08 Å². The molecule has 2 unspecified atom stereocenters. The second-order valence-electron chi connectivity index (χ2n) is 6.35. The molecule has 4 heteroatoms. The van der Waals surface area contributed by atoms with Crippen LogP contribution in [0.15, 0.2) is 54.6 Å². The van der Waals surface area contributed by atoms with E-state index in [-0.39, 0.29) is 11.8 Å². The number of benzene rings is 2. The second-order valence-corrected chi connectivity index (χ2v) is 6.35. The lowest BCUT2D eigenvalue weighted by atomic mass is 9.92. The molecule has 0 bridgehead atoms. The van der Waals surface area contributed by atoms with Crippen LogP contribution in [0, 0.1) is 17.6 Å². The molecule has 2 aromatic carbocycles. The molecule has 0 spiro atoms. The second kappa shape index (κ2) is 6.56. The fourth-order valence-corrected chi connectivity index (χ4v) is 3.14. The average Bonchev–Trinajstić information content (AvgIpc) is 3.23. The number of rotatable bonds is 5. The van der Waals surface area contributed by atoms with Crippen molar-refractivity contribution in [1.29, 1.82) is 0 Å². The summed E-state index contributed by atoms with van der Waals surface area (Å²) in [4.78, 5) is 12.0. The van der Waals surface area contributed by atoms with Gasteiger partial charge in [0.2, 0.25) is 5.91 Å². The van der Waals surface area contributed by atoms with E-state index in [0.29, 0.717) is 12.1 Å². The smallest absolute Gasteiger partial charge is 0.244 e. The van der Waals surface area contributed by atoms with Gasteiger partial charge in [-0.05, 0) is 35.6 Å². The Labute approximate surface area is 140 Å². The molecule has 1 aliphatic rings. The van der Waals surface area contributed by atoms with Gasteiger partial charge in [0.25, 0.3) is 0 Å². The lowest BCUT2D eigenvalue weighted by Crippen LogP contribution is -2.32. The van der Waals surface area contributed by atoms with E-state index >= 15 is 0 Å². The van der Waals surface area contributed by atoms with Crippen molar-refractivity contribution < 1.29 is 13.6 Å². The van der Waals surface area contributed by atoms with Gasteiger partial charge in [-0.25, -0.2) is 8.78 Å². The number of carbonyl (C=O) groups is 1. The first-order chi connectivity index (χ1) is 11.5. The summed E-state index contributed by atoms with van der Waals surface area (Å²) in [6.45, 7) is 2.35. The first-order valence-corrected chi connectivity index (χ1v) is 7.98. The quantitative estimate of drug-likeness (QED) is 0.824. The predicted molar refractivity (Wildman–Crippen MR) is 90.3 cm³/mol. The van der Waals surface area contributed by atoms with Crippen molar-refractivity contribution in [2.24, 2.45) is 5.92 Å². The maximum atomic E-state index is 14.1. The highest BCUT2D eigenvalue weighted by atomic mass is 19.1. The third kappa shape index (κ3) is 3.37. The monoisotopic (exact) mass is 327 g/mol. The van der Waals surface area contributed by atoms with Crippen molar-refractivity contribution in [3.63, 3.8) is 0 Å². The van der Waals surface area contributed by atoms with Crippen LogP contribution in [0.25, 0.3) is 6.08 Å². The minimum atomic E-state index is -0.588. The summed E-state index contributed by atoms with van der Waals surface area (Å²) >= 11 is 0. The summed E-state index contributed by atoms with van der Waals surface area (Å²) in [5, 5.41) is 2.84. The Morgan fingerprint density at radius 2 is 1.96 bits per heavy atom. The lowest BCUT2D eigenvalue weighted by molar-refractivity contribution is -0.116. The number of hydrogen-bond donors (Lipinski definition) is 1. The maximum absolute atomic E-state index is 14.1. The molecule has 0 radical (unpaired) electrons. The van der Waals surface area contributed by atoms with Crippen LogP contribution in [0.3, 0.4) is 0 Å². The Morgan fingerprint density at radius 1 is 1.25 bits per heavy atom. The van der Waals surface area contributed by atoms with Gasteiger partial charge in [-0.2, -0.15) is 0 Å². The summed E-state index contributed by atoms with van der Waals surface area (Å²) < 4.78 is 27.2. The van der Waals surface area contributed by atoms with Crippen molar-refractivity contribution in [1.82, 2.24) is 5.32 Å². The summed E-state index contributed by atoms with van der Waals surface area (Å²) in [6.07, 6.45) is 3.98. The SMILES string of the molecule is CC1CC1(CNC(=O)/C=C/c1ccccc1)c1ccc(F)cc1F. The van der Waals surface area contributed by atoms with Crippen molar-refractivity contribution in [3.8, 4) is 0 Å². The molecule has 3 rings (SSSR count). The Hall–Kier alpha value is -2.49. The molecule has 0 heterocycles. The van der Waals surface area contributed by atoms with Gasteiger partial charge in [0.15, 0.2) is 0 Å². The molecule has 124 valence electrons. The normalized spacial score (nSPS) is 22.5. The van der Waals surface area contributed by atoms with Gasteiger partial charge in [0.1, 0.15) is 11.6 Å². The van der Waals surface area contributed by atoms with Gasteiger partial charge in [0, 0.05) is 24.1 Å². The minimum Gasteiger partial charge on any atom is -0.352 e. The van der Waals surface area contributed by atoms with Crippen LogP contribution in [0.1, 0.15) is 24.5 Å². The summed E-state index contributed by atoms with van der Waals surface area (Å²) in [5.41, 5.74) is 0.976. The third-order valence-corrected chi connectivity index (χ3v) is 4.73. The van der Waals surface area contributed by atoms with E-state index in [1.165, 1.54) is 18.2 Å². The maximum Gasteiger partial charge on any atom is 0.244 e. The zero-order chi connectivity index (χ0) is 17.2. The molecule has 2 atom stereocenters. The van der Waals surface area contributed by atoms with Crippen LogP contribution >= 0.6 is 0 Å². The van der Waals surface area contributed by atoms with E-state index in [9.17, 15) is 13.6 Å². The van der Waals surface area contributed by atoms with Crippen LogP contribution in [-0.2, 0) is 10.2 Å². The number of hydrogen-bond acceptors (Lipinski definition) is 1. The first-order valence-electron chi connectivity index (χ1n) is 7.98. The molecule has 1 fully saturated rings. The number of amides is 1. The Morgan fingerprint density at radius 3 is 2.58 bits per heavy atom. The lowest BCUT2D eigenvalue weighted by Gasteiger charge is -2.18. The molecule has 2 aromatic rings. The fraction of sp³-hybridized carbons (Fsp3) is 0.250. The van der Waals surface area contributed by atoms with Crippen LogP contribution in [-0.4, -0.2) is 12.5 Å². The van der Waals surface area contributed by atoms with Crippen molar-refractivity contribution in [2.45, 2.75) is 18.8 Å². The molecule has 1 N–H and O–H groups in total. The Balaban J connectivity index is 1.66.